The highest BCUT2D eigenvalue weighted by molar-refractivity contribution is 9.10. The first-order chi connectivity index (χ1) is 10.9. The summed E-state index contributed by atoms with van der Waals surface area (Å²) in [6.07, 6.45) is 0. The summed E-state index contributed by atoms with van der Waals surface area (Å²) < 4.78 is 0.972. The van der Waals surface area contributed by atoms with Gasteiger partial charge in [-0.3, -0.25) is 14.9 Å². The Morgan fingerprint density at radius 1 is 1.26 bits per heavy atom. The van der Waals surface area contributed by atoms with Crippen molar-refractivity contribution in [2.75, 3.05) is 17.7 Å². The number of carbonyl (C=O) groups excluding carboxylic acids is 1. The molecule has 0 saturated heterocycles. The summed E-state index contributed by atoms with van der Waals surface area (Å²) in [6.45, 7) is 1.95. The van der Waals surface area contributed by atoms with E-state index in [1.54, 1.807) is 24.1 Å². The fourth-order valence-electron chi connectivity index (χ4n) is 2.04. The summed E-state index contributed by atoms with van der Waals surface area (Å²) >= 11 is 4.76. The molecule has 2 aromatic carbocycles. The van der Waals surface area contributed by atoms with E-state index in [2.05, 4.69) is 15.9 Å². The topological polar surface area (TPSA) is 63.5 Å². The van der Waals surface area contributed by atoms with Crippen LogP contribution in [0.4, 0.5) is 11.4 Å². The van der Waals surface area contributed by atoms with Crippen molar-refractivity contribution in [1.82, 2.24) is 0 Å². The lowest BCUT2D eigenvalue weighted by atomic mass is 10.2. The van der Waals surface area contributed by atoms with Crippen LogP contribution in [0, 0.1) is 17.0 Å². The van der Waals surface area contributed by atoms with Crippen LogP contribution in [0.25, 0.3) is 0 Å². The number of benzene rings is 2. The van der Waals surface area contributed by atoms with Gasteiger partial charge in [-0.05, 0) is 42.8 Å². The molecule has 7 heteroatoms. The summed E-state index contributed by atoms with van der Waals surface area (Å²) in [5.41, 5.74) is 1.92. The second kappa shape index (κ2) is 7.61. The summed E-state index contributed by atoms with van der Waals surface area (Å²) in [4.78, 5) is 24.9. The van der Waals surface area contributed by atoms with Crippen LogP contribution in [0.3, 0.4) is 0 Å². The summed E-state index contributed by atoms with van der Waals surface area (Å²) in [6, 6.07) is 11.9. The van der Waals surface area contributed by atoms with Crippen molar-refractivity contribution < 1.29 is 9.72 Å². The normalized spacial score (nSPS) is 10.4. The summed E-state index contributed by atoms with van der Waals surface area (Å²) in [5.74, 6) is 0.239. The van der Waals surface area contributed by atoms with E-state index in [0.717, 1.165) is 20.6 Å². The van der Waals surface area contributed by atoms with E-state index in [0.29, 0.717) is 0 Å². The van der Waals surface area contributed by atoms with Gasteiger partial charge in [0.2, 0.25) is 5.91 Å². The van der Waals surface area contributed by atoms with Gasteiger partial charge < -0.3 is 4.90 Å². The minimum atomic E-state index is -0.441. The van der Waals surface area contributed by atoms with E-state index in [9.17, 15) is 14.9 Å². The van der Waals surface area contributed by atoms with Gasteiger partial charge in [0.05, 0.1) is 10.7 Å². The summed E-state index contributed by atoms with van der Waals surface area (Å²) in [7, 11) is 1.75. The standard InChI is InChI=1S/C16H15BrN2O3S/c1-11-9-12(17)3-8-15(11)18(2)16(20)10-23-14-6-4-13(5-7-14)19(21)22/h3-9H,10H2,1-2H3. The number of amides is 1. The number of anilines is 1. The zero-order valence-corrected chi connectivity index (χ0v) is 15.1. The van der Waals surface area contributed by atoms with Crippen molar-refractivity contribution in [2.24, 2.45) is 0 Å². The lowest BCUT2D eigenvalue weighted by Crippen LogP contribution is -2.28. The van der Waals surface area contributed by atoms with Gasteiger partial charge in [0.15, 0.2) is 0 Å². The van der Waals surface area contributed by atoms with Gasteiger partial charge in [-0.2, -0.15) is 0 Å². The van der Waals surface area contributed by atoms with E-state index in [4.69, 9.17) is 0 Å². The number of aryl methyl sites for hydroxylation is 1. The van der Waals surface area contributed by atoms with Crippen molar-refractivity contribution in [3.8, 4) is 0 Å². The number of hydrogen-bond acceptors (Lipinski definition) is 4. The first kappa shape index (κ1) is 17.5. The maximum atomic E-state index is 12.3. The van der Waals surface area contributed by atoms with Gasteiger partial charge in [0.25, 0.3) is 5.69 Å². The SMILES string of the molecule is Cc1cc(Br)ccc1N(C)C(=O)CSc1ccc([N+](=O)[O-])cc1. The van der Waals surface area contributed by atoms with E-state index in [-0.39, 0.29) is 17.3 Å². The molecule has 0 radical (unpaired) electrons. The molecule has 0 unspecified atom stereocenters. The van der Waals surface area contributed by atoms with Crippen LogP contribution in [0.15, 0.2) is 51.8 Å². The Labute approximate surface area is 147 Å². The third-order valence-electron chi connectivity index (χ3n) is 3.30. The highest BCUT2D eigenvalue weighted by atomic mass is 79.9. The van der Waals surface area contributed by atoms with Crippen molar-refractivity contribution in [1.29, 1.82) is 0 Å². The highest BCUT2D eigenvalue weighted by Gasteiger charge is 2.14. The van der Waals surface area contributed by atoms with Gasteiger partial charge in [0, 0.05) is 34.2 Å². The molecule has 120 valence electrons. The van der Waals surface area contributed by atoms with Gasteiger partial charge in [-0.25, -0.2) is 0 Å². The first-order valence-corrected chi connectivity index (χ1v) is 8.56. The smallest absolute Gasteiger partial charge is 0.269 e. The molecule has 0 fully saturated rings. The molecule has 1 amide bonds. The minimum absolute atomic E-state index is 0.0289. The van der Waals surface area contributed by atoms with Crippen molar-refractivity contribution in [3.05, 3.63) is 62.6 Å². The molecule has 0 aromatic heterocycles. The van der Waals surface area contributed by atoms with E-state index in [1.165, 1.54) is 23.9 Å². The molecule has 2 rings (SSSR count). The van der Waals surface area contributed by atoms with Crippen molar-refractivity contribution in [3.63, 3.8) is 0 Å². The molecule has 0 atom stereocenters. The zero-order valence-electron chi connectivity index (χ0n) is 12.7. The molecule has 0 spiro atoms. The molecule has 0 aliphatic rings. The predicted octanol–water partition coefficient (Wildman–Crippen LogP) is 4.42. The number of nitro groups is 1. The molecule has 23 heavy (non-hydrogen) atoms. The zero-order chi connectivity index (χ0) is 17.0. The molecular weight excluding hydrogens is 380 g/mol. The second-order valence-corrected chi connectivity index (χ2v) is 6.89. The number of halogens is 1. The van der Waals surface area contributed by atoms with Crippen LogP contribution in [0.5, 0.6) is 0 Å². The Balaban J connectivity index is 1.99. The lowest BCUT2D eigenvalue weighted by Gasteiger charge is -2.19. The van der Waals surface area contributed by atoms with Crippen LogP contribution in [-0.4, -0.2) is 23.6 Å². The summed E-state index contributed by atoms with van der Waals surface area (Å²) in [5, 5.41) is 10.6. The third-order valence-corrected chi connectivity index (χ3v) is 4.79. The fraction of sp³-hybridized carbons (Fsp3) is 0.188. The molecule has 0 heterocycles. The predicted molar refractivity (Wildman–Crippen MR) is 96.1 cm³/mol. The maximum Gasteiger partial charge on any atom is 0.269 e. The van der Waals surface area contributed by atoms with Crippen LogP contribution >= 0.6 is 27.7 Å². The number of nitro benzene ring substituents is 1. The minimum Gasteiger partial charge on any atom is -0.315 e. The molecule has 0 aliphatic heterocycles. The highest BCUT2D eigenvalue weighted by Crippen LogP contribution is 2.25. The Morgan fingerprint density at radius 2 is 1.91 bits per heavy atom. The van der Waals surface area contributed by atoms with E-state index < -0.39 is 4.92 Å². The van der Waals surface area contributed by atoms with Crippen molar-refractivity contribution in [2.45, 2.75) is 11.8 Å². The quantitative estimate of drug-likeness (QED) is 0.427. The number of thioether (sulfide) groups is 1. The monoisotopic (exact) mass is 394 g/mol. The largest absolute Gasteiger partial charge is 0.315 e. The van der Waals surface area contributed by atoms with Gasteiger partial charge in [0.1, 0.15) is 0 Å². The molecule has 5 nitrogen and oxygen atoms in total. The molecule has 0 saturated carbocycles. The van der Waals surface area contributed by atoms with E-state index >= 15 is 0 Å². The number of rotatable bonds is 5. The fourth-order valence-corrected chi connectivity index (χ4v) is 3.32. The van der Waals surface area contributed by atoms with Crippen LogP contribution in [0.2, 0.25) is 0 Å². The molecule has 0 bridgehead atoms. The maximum absolute atomic E-state index is 12.3. The molecular formula is C16H15BrN2O3S. The lowest BCUT2D eigenvalue weighted by molar-refractivity contribution is -0.384. The number of carbonyl (C=O) groups is 1. The third kappa shape index (κ3) is 4.56. The van der Waals surface area contributed by atoms with Crippen LogP contribution in [-0.2, 0) is 4.79 Å². The first-order valence-electron chi connectivity index (χ1n) is 6.78. The average molecular weight is 395 g/mol. The number of nitrogens with zero attached hydrogens (tertiary/aromatic N) is 2. The number of hydrogen-bond donors (Lipinski definition) is 0. The van der Waals surface area contributed by atoms with Gasteiger partial charge in [-0.1, -0.05) is 15.9 Å². The Hall–Kier alpha value is -1.86. The molecule has 0 aliphatic carbocycles. The Morgan fingerprint density at radius 3 is 2.48 bits per heavy atom. The Bertz CT molecular complexity index is 735. The van der Waals surface area contributed by atoms with Gasteiger partial charge >= 0.3 is 0 Å². The second-order valence-electron chi connectivity index (χ2n) is 4.92. The van der Waals surface area contributed by atoms with Crippen LogP contribution < -0.4 is 4.90 Å². The van der Waals surface area contributed by atoms with E-state index in [1.807, 2.05) is 25.1 Å². The van der Waals surface area contributed by atoms with Crippen molar-refractivity contribution >= 4 is 45.0 Å². The molecule has 2 aromatic rings. The Kier molecular flexibility index (Phi) is 5.79. The van der Waals surface area contributed by atoms with Crippen LogP contribution in [0.1, 0.15) is 5.56 Å². The average Bonchev–Trinajstić information content (AvgIpc) is 2.52. The number of non-ortho nitro benzene ring substituents is 1. The van der Waals surface area contributed by atoms with Gasteiger partial charge in [-0.15, -0.1) is 11.8 Å². The molecule has 0 N–H and O–H groups in total.